The number of hydrogen-bond donors (Lipinski definition) is 1. The molecule has 0 fully saturated rings. The Labute approximate surface area is 77.2 Å². The van der Waals surface area contributed by atoms with Gasteiger partial charge in [-0.1, -0.05) is 35.5 Å². The Morgan fingerprint density at radius 2 is 2.15 bits per heavy atom. The van der Waals surface area contributed by atoms with Crippen LogP contribution in [0.3, 0.4) is 0 Å². The van der Waals surface area contributed by atoms with Gasteiger partial charge in [0.05, 0.1) is 5.71 Å². The topological polar surface area (TPSA) is 47.6 Å². The summed E-state index contributed by atoms with van der Waals surface area (Å²) >= 11 is 0. The second kappa shape index (κ2) is 3.58. The van der Waals surface area contributed by atoms with Crippen molar-refractivity contribution in [2.75, 3.05) is 6.54 Å². The van der Waals surface area contributed by atoms with Crippen molar-refractivity contribution >= 4 is 5.71 Å². The molecular formula is C10H12N2O. The fraction of sp³-hybridized carbons (Fsp3) is 0.300. The number of nitrogens with zero attached hydrogens (tertiary/aromatic N) is 1. The van der Waals surface area contributed by atoms with E-state index in [0.717, 1.165) is 17.7 Å². The average Bonchev–Trinajstić information content (AvgIpc) is 2.67. The fourth-order valence-corrected chi connectivity index (χ4v) is 1.39. The average molecular weight is 176 g/mol. The zero-order chi connectivity index (χ0) is 9.10. The lowest BCUT2D eigenvalue weighted by Crippen LogP contribution is -2.12. The first-order valence-corrected chi connectivity index (χ1v) is 4.36. The first-order chi connectivity index (χ1) is 6.40. The third-order valence-electron chi connectivity index (χ3n) is 2.14. The molecule has 1 aromatic rings. The monoisotopic (exact) mass is 176 g/mol. The summed E-state index contributed by atoms with van der Waals surface area (Å²) in [7, 11) is 0. The zero-order valence-corrected chi connectivity index (χ0v) is 7.31. The molecule has 1 aromatic carbocycles. The van der Waals surface area contributed by atoms with Gasteiger partial charge < -0.3 is 10.6 Å². The molecule has 0 spiro atoms. The summed E-state index contributed by atoms with van der Waals surface area (Å²) in [5, 5.41) is 3.90. The van der Waals surface area contributed by atoms with Crippen LogP contribution in [0.2, 0.25) is 0 Å². The molecule has 0 radical (unpaired) electrons. The largest absolute Gasteiger partial charge is 0.387 e. The molecule has 13 heavy (non-hydrogen) atoms. The van der Waals surface area contributed by atoms with Crippen LogP contribution < -0.4 is 5.73 Å². The SMILES string of the molecule is NCC1=NOC(c2ccccc2)C1. The first kappa shape index (κ1) is 8.26. The van der Waals surface area contributed by atoms with Gasteiger partial charge in [-0.25, -0.2) is 0 Å². The van der Waals surface area contributed by atoms with Crippen molar-refractivity contribution in [3.05, 3.63) is 35.9 Å². The summed E-state index contributed by atoms with van der Waals surface area (Å²) in [4.78, 5) is 5.25. The van der Waals surface area contributed by atoms with E-state index in [0.29, 0.717) is 6.54 Å². The van der Waals surface area contributed by atoms with E-state index >= 15 is 0 Å². The van der Waals surface area contributed by atoms with Crippen LogP contribution in [0.15, 0.2) is 35.5 Å². The van der Waals surface area contributed by atoms with Gasteiger partial charge in [0.15, 0.2) is 6.10 Å². The van der Waals surface area contributed by atoms with Crippen LogP contribution in [0.1, 0.15) is 18.1 Å². The minimum atomic E-state index is 0.0692. The van der Waals surface area contributed by atoms with Gasteiger partial charge >= 0.3 is 0 Å². The minimum absolute atomic E-state index is 0.0692. The van der Waals surface area contributed by atoms with Gasteiger partial charge in [0, 0.05) is 13.0 Å². The third kappa shape index (κ3) is 1.70. The Bertz CT molecular complexity index is 308. The Morgan fingerprint density at radius 3 is 2.77 bits per heavy atom. The molecule has 1 heterocycles. The molecule has 2 N–H and O–H groups in total. The Kier molecular flexibility index (Phi) is 2.27. The number of rotatable bonds is 2. The molecule has 0 amide bonds. The van der Waals surface area contributed by atoms with Crippen LogP contribution in [0.4, 0.5) is 0 Å². The van der Waals surface area contributed by atoms with Crippen LogP contribution >= 0.6 is 0 Å². The van der Waals surface area contributed by atoms with E-state index in [9.17, 15) is 0 Å². The summed E-state index contributed by atoms with van der Waals surface area (Å²) < 4.78 is 0. The lowest BCUT2D eigenvalue weighted by Gasteiger charge is -2.06. The Hall–Kier alpha value is -1.35. The van der Waals surface area contributed by atoms with Crippen molar-refractivity contribution < 1.29 is 4.84 Å². The maximum Gasteiger partial charge on any atom is 0.157 e. The number of nitrogens with two attached hydrogens (primary N) is 1. The van der Waals surface area contributed by atoms with Crippen molar-refractivity contribution in [3.63, 3.8) is 0 Å². The standard InChI is InChI=1S/C10H12N2O/c11-7-9-6-10(13-12-9)8-4-2-1-3-5-8/h1-5,10H,6-7,11H2. The van der Waals surface area contributed by atoms with Gasteiger partial charge in [-0.15, -0.1) is 0 Å². The van der Waals surface area contributed by atoms with Gasteiger partial charge in [0.1, 0.15) is 0 Å². The van der Waals surface area contributed by atoms with Gasteiger partial charge in [-0.2, -0.15) is 0 Å². The van der Waals surface area contributed by atoms with Crippen LogP contribution in [0, 0.1) is 0 Å². The highest BCUT2D eigenvalue weighted by molar-refractivity contribution is 5.87. The van der Waals surface area contributed by atoms with E-state index < -0.39 is 0 Å². The quantitative estimate of drug-likeness (QED) is 0.741. The second-order valence-corrected chi connectivity index (χ2v) is 3.07. The van der Waals surface area contributed by atoms with Crippen molar-refractivity contribution in [1.82, 2.24) is 0 Å². The third-order valence-corrected chi connectivity index (χ3v) is 2.14. The summed E-state index contributed by atoms with van der Waals surface area (Å²) in [5.74, 6) is 0. The highest BCUT2D eigenvalue weighted by Gasteiger charge is 2.20. The smallest absolute Gasteiger partial charge is 0.157 e. The first-order valence-electron chi connectivity index (χ1n) is 4.36. The molecule has 1 aliphatic heterocycles. The molecule has 0 aliphatic carbocycles. The minimum Gasteiger partial charge on any atom is -0.387 e. The summed E-state index contributed by atoms with van der Waals surface area (Å²) in [6.45, 7) is 0.489. The lowest BCUT2D eigenvalue weighted by molar-refractivity contribution is 0.0857. The highest BCUT2D eigenvalue weighted by Crippen LogP contribution is 2.26. The second-order valence-electron chi connectivity index (χ2n) is 3.07. The van der Waals surface area contributed by atoms with E-state index in [1.807, 2.05) is 30.3 Å². The maximum atomic E-state index is 5.46. The molecule has 0 bridgehead atoms. The number of hydrogen-bond acceptors (Lipinski definition) is 3. The molecule has 1 unspecified atom stereocenters. The molecule has 1 aliphatic rings. The van der Waals surface area contributed by atoms with Crippen molar-refractivity contribution in [2.45, 2.75) is 12.5 Å². The molecule has 68 valence electrons. The molecule has 1 atom stereocenters. The van der Waals surface area contributed by atoms with Crippen LogP contribution in [0.25, 0.3) is 0 Å². The highest BCUT2D eigenvalue weighted by atomic mass is 16.6. The summed E-state index contributed by atoms with van der Waals surface area (Å²) in [5.41, 5.74) is 7.56. The predicted octanol–water partition coefficient (Wildman–Crippen LogP) is 1.46. The number of oxime groups is 1. The van der Waals surface area contributed by atoms with Crippen molar-refractivity contribution in [3.8, 4) is 0 Å². The van der Waals surface area contributed by atoms with E-state index in [1.54, 1.807) is 0 Å². The van der Waals surface area contributed by atoms with Crippen LogP contribution in [-0.4, -0.2) is 12.3 Å². The van der Waals surface area contributed by atoms with E-state index in [4.69, 9.17) is 10.6 Å². The van der Waals surface area contributed by atoms with E-state index in [2.05, 4.69) is 5.16 Å². The van der Waals surface area contributed by atoms with E-state index in [-0.39, 0.29) is 6.10 Å². The van der Waals surface area contributed by atoms with Gasteiger partial charge in [-0.05, 0) is 5.56 Å². The molecule has 0 aromatic heterocycles. The predicted molar refractivity (Wildman–Crippen MR) is 51.4 cm³/mol. The zero-order valence-electron chi connectivity index (χ0n) is 7.31. The summed E-state index contributed by atoms with van der Waals surface area (Å²) in [6, 6.07) is 10.1. The molecule has 3 nitrogen and oxygen atoms in total. The molecule has 0 saturated heterocycles. The van der Waals surface area contributed by atoms with Crippen LogP contribution in [0.5, 0.6) is 0 Å². The van der Waals surface area contributed by atoms with Gasteiger partial charge in [0.2, 0.25) is 0 Å². The van der Waals surface area contributed by atoms with Crippen LogP contribution in [-0.2, 0) is 4.84 Å². The normalized spacial score (nSPS) is 21.0. The Balaban J connectivity index is 2.07. The molecule has 0 saturated carbocycles. The Morgan fingerprint density at radius 1 is 1.38 bits per heavy atom. The van der Waals surface area contributed by atoms with Crippen molar-refractivity contribution in [2.24, 2.45) is 10.9 Å². The van der Waals surface area contributed by atoms with E-state index in [1.165, 1.54) is 0 Å². The van der Waals surface area contributed by atoms with Crippen molar-refractivity contribution in [1.29, 1.82) is 0 Å². The maximum absolute atomic E-state index is 5.46. The number of benzene rings is 1. The lowest BCUT2D eigenvalue weighted by atomic mass is 10.1. The van der Waals surface area contributed by atoms with Gasteiger partial charge in [0.25, 0.3) is 0 Å². The molecule has 2 rings (SSSR count). The fourth-order valence-electron chi connectivity index (χ4n) is 1.39. The molecule has 3 heteroatoms. The summed E-state index contributed by atoms with van der Waals surface area (Å²) in [6.07, 6.45) is 0.889. The van der Waals surface area contributed by atoms with Gasteiger partial charge in [-0.3, -0.25) is 0 Å². The molecular weight excluding hydrogens is 164 g/mol.